The lowest BCUT2D eigenvalue weighted by Crippen LogP contribution is -2.17. The largest absolute Gasteiger partial charge is 0.321 e. The third kappa shape index (κ3) is 31.8. The van der Waals surface area contributed by atoms with Gasteiger partial charge in [-0.3, -0.25) is 24.2 Å². The first kappa shape index (κ1) is 103. The van der Waals surface area contributed by atoms with Crippen LogP contribution in [0.2, 0.25) is 25.5 Å². The SMILES string of the molecule is CC(F)(F)c1cc(=O)[nH]c(SCc2c(Cl)cncc2Cl)n1.CCn1nccc1CSc1nc(C)cc(C)n1.Cc1cc(C)nc(SCc2[nH]ncc2Cl)n1.Cc1cc(C)nc(SCc2c(C)nc3ccccn23)n1.Cc1cc(C)nc(SCc2c(Cl)nc3ccccn23)n1.Cc1cc(C)nc(SCc2ccnn2C2CCCCC2)n1.Cc1cc(C)nc(SCc2cnc(Cl)n2C)n1. The molecule has 42 heteroatoms. The minimum Gasteiger partial charge on any atom is -0.321 e. The Hall–Kier alpha value is -9.51. The van der Waals surface area contributed by atoms with Crippen molar-refractivity contribution in [1.82, 2.24) is 133 Å². The van der Waals surface area contributed by atoms with Crippen molar-refractivity contribution in [3.05, 3.63) is 296 Å². The fourth-order valence-electron chi connectivity index (χ4n) is 13.1. The zero-order chi connectivity index (χ0) is 94.7. The number of nitrogens with one attached hydrogen (secondary N) is 2. The molecule has 0 spiro atoms. The van der Waals surface area contributed by atoms with Gasteiger partial charge in [-0.25, -0.2) is 79.7 Å². The summed E-state index contributed by atoms with van der Waals surface area (Å²) in [4.78, 5) is 87.3. The average molecular weight is 2020 g/mol. The predicted molar refractivity (Wildman–Crippen MR) is 529 cm³/mol. The van der Waals surface area contributed by atoms with Gasteiger partial charge in [0.15, 0.2) is 41.2 Å². The molecule has 0 unspecified atom stereocenters. The van der Waals surface area contributed by atoms with Gasteiger partial charge < -0.3 is 18.4 Å². The molecule has 17 rings (SSSR count). The van der Waals surface area contributed by atoms with Gasteiger partial charge in [-0.05, 0) is 194 Å². The maximum absolute atomic E-state index is 13.2. The molecule has 1 aliphatic rings. The first-order valence-corrected chi connectivity index (χ1v) is 50.5. The molecule has 0 bridgehead atoms. The Morgan fingerprint density at radius 3 is 1.32 bits per heavy atom. The number of nitrogens with zero attached hydrogens (tertiary/aromatic N) is 25. The Balaban J connectivity index is 0.000000149. The van der Waals surface area contributed by atoms with Gasteiger partial charge in [-0.1, -0.05) is 160 Å². The molecule has 0 atom stereocenters. The number of alkyl halides is 2. The third-order valence-corrected chi connectivity index (χ3v) is 27.0. The van der Waals surface area contributed by atoms with Crippen molar-refractivity contribution < 1.29 is 8.78 Å². The van der Waals surface area contributed by atoms with Crippen LogP contribution in [0.25, 0.3) is 11.3 Å². The molecular formula is C90H100Cl5F2N27OS7. The molecule has 0 aromatic carbocycles. The maximum Gasteiger partial charge on any atom is 0.287 e. The van der Waals surface area contributed by atoms with Crippen LogP contribution in [-0.4, -0.2) is 133 Å². The zero-order valence-corrected chi connectivity index (χ0v) is 85.1. The van der Waals surface area contributed by atoms with E-state index in [2.05, 4.69) is 132 Å². The Kier molecular flexibility index (Phi) is 39.1. The van der Waals surface area contributed by atoms with E-state index in [1.54, 1.807) is 83.0 Å². The van der Waals surface area contributed by atoms with Crippen molar-refractivity contribution in [3.63, 3.8) is 0 Å². The number of rotatable bonds is 24. The van der Waals surface area contributed by atoms with Gasteiger partial charge in [0, 0.05) is 195 Å². The first-order chi connectivity index (χ1) is 63.1. The van der Waals surface area contributed by atoms with Crippen LogP contribution in [0.1, 0.15) is 171 Å². The van der Waals surface area contributed by atoms with Crippen LogP contribution in [-0.2, 0) is 59.8 Å². The topological polar surface area (TPSA) is 330 Å². The molecular weight excluding hydrogens is 1910 g/mol. The number of H-pyrrole nitrogens is 2. The number of hydrogen-bond acceptors (Lipinski definition) is 28. The van der Waals surface area contributed by atoms with Crippen LogP contribution in [0.5, 0.6) is 0 Å². The number of thioether (sulfide) groups is 7. The lowest BCUT2D eigenvalue weighted by atomic mass is 9.95. The Morgan fingerprint density at radius 2 is 0.871 bits per heavy atom. The highest BCUT2D eigenvalue weighted by Crippen LogP contribution is 2.35. The van der Waals surface area contributed by atoms with Gasteiger partial charge in [0.25, 0.3) is 11.5 Å². The van der Waals surface area contributed by atoms with Gasteiger partial charge in [0.05, 0.1) is 56.3 Å². The van der Waals surface area contributed by atoms with Crippen molar-refractivity contribution in [2.75, 3.05) is 0 Å². The number of imidazole rings is 3. The second-order valence-corrected chi connectivity index (χ2v) is 38.9. The number of aromatic amines is 2. The van der Waals surface area contributed by atoms with E-state index in [1.165, 1.54) is 61.6 Å². The smallest absolute Gasteiger partial charge is 0.287 e. The number of halogens is 7. The predicted octanol–water partition coefficient (Wildman–Crippen LogP) is 23.1. The van der Waals surface area contributed by atoms with Crippen molar-refractivity contribution in [2.45, 2.75) is 231 Å². The van der Waals surface area contributed by atoms with Crippen molar-refractivity contribution in [1.29, 1.82) is 0 Å². The normalized spacial score (nSPS) is 11.9. The lowest BCUT2D eigenvalue weighted by Gasteiger charge is -2.23. The van der Waals surface area contributed by atoms with Gasteiger partial charge in [-0.15, -0.1) is 0 Å². The third-order valence-electron chi connectivity index (χ3n) is 19.2. The van der Waals surface area contributed by atoms with Gasteiger partial charge in [0.1, 0.15) is 17.0 Å². The quantitative estimate of drug-likeness (QED) is 0.0419. The Bertz CT molecular complexity index is 6310. The number of pyridine rings is 3. The zero-order valence-electron chi connectivity index (χ0n) is 75.6. The van der Waals surface area contributed by atoms with Gasteiger partial charge >= 0.3 is 0 Å². The second-order valence-electron chi connectivity index (χ2n) is 30.3. The number of aryl methyl sites for hydroxylation is 14. The molecule has 0 amide bonds. The molecule has 1 aliphatic carbocycles. The van der Waals surface area contributed by atoms with Crippen molar-refractivity contribution in [3.8, 4) is 0 Å². The molecule has 0 aliphatic heterocycles. The monoisotopic (exact) mass is 2010 g/mol. The summed E-state index contributed by atoms with van der Waals surface area (Å²) in [6.07, 6.45) is 20.6. The van der Waals surface area contributed by atoms with Crippen LogP contribution in [0.3, 0.4) is 0 Å². The molecule has 2 N–H and O–H groups in total. The minimum absolute atomic E-state index is 0.0722. The van der Waals surface area contributed by atoms with E-state index in [9.17, 15) is 13.6 Å². The number of aromatic nitrogens is 27. The summed E-state index contributed by atoms with van der Waals surface area (Å²) < 4.78 is 36.7. The summed E-state index contributed by atoms with van der Waals surface area (Å²) in [6.45, 7) is 29.6. The summed E-state index contributed by atoms with van der Waals surface area (Å²) in [5.74, 6) is 1.79. The molecule has 1 saturated carbocycles. The van der Waals surface area contributed by atoms with Crippen LogP contribution in [0.15, 0.2) is 181 Å². The molecule has 16 aromatic heterocycles. The standard InChI is InChI=1S/C16H22N4S.C15H16N4S.C14H13ClN4S.C12H9Cl2F2N3OS.C12H16N4S.C11H13ClN4S.C10H11ClN4S/c1-12-10-13(2)19-16(18-12)21-11-15-8-9-17-20(15)14-6-4-3-5-7-14;1-10-8-11(2)17-15(16-10)20-9-13-12(3)18-14-6-4-5-7-19(13)14;1-9-7-10(2)17-14(16-9)20-8-11-13(15)18-12-5-3-4-6-19(11)12;1-12(15,16)9-2-10(20)19-11(18-9)21-5-6-7(13)3-17-4-8(6)14;1-4-16-11(5-6-13-16)8-17-12-14-9(2)7-10(3)15-12;1-7-4-8(2)15-11(14-7)17-6-9-5-13-10(12)16(9)3;1-6-3-7(2)14-10(13-6)16-5-9-8(11)4-12-15-9/h8-10,14H,3-7,11H2,1-2H3;4-8H,9H2,1-3H3;3-7H,8H2,1-2H3;2-4H,5H2,1H3,(H,18,19,20);5-7H,4,8H2,1-3H3;4-5H,6H2,1-3H3;3-4H,5H2,1-2H3,(H,12,15). The van der Waals surface area contributed by atoms with Crippen LogP contribution >= 0.6 is 140 Å². The van der Waals surface area contributed by atoms with E-state index in [0.717, 1.165) is 181 Å². The fourth-order valence-corrected chi connectivity index (χ4v) is 21.2. The van der Waals surface area contributed by atoms with Gasteiger partial charge in [0.2, 0.25) is 5.28 Å². The van der Waals surface area contributed by atoms with E-state index in [0.29, 0.717) is 55.5 Å². The minimum atomic E-state index is -3.18. The van der Waals surface area contributed by atoms with Gasteiger partial charge in [-0.2, -0.15) is 24.1 Å². The highest BCUT2D eigenvalue weighted by molar-refractivity contribution is 7.99. The number of hydrogen-bond donors (Lipinski definition) is 2. The Labute approximate surface area is 820 Å². The Morgan fingerprint density at radius 1 is 0.447 bits per heavy atom. The van der Waals surface area contributed by atoms with Crippen molar-refractivity contribution in [2.24, 2.45) is 7.05 Å². The van der Waals surface area contributed by atoms with E-state index in [4.69, 9.17) is 58.0 Å². The molecule has 16 aromatic rings. The van der Waals surface area contributed by atoms with E-state index < -0.39 is 17.2 Å². The van der Waals surface area contributed by atoms with Crippen LogP contribution < -0.4 is 5.56 Å². The summed E-state index contributed by atoms with van der Waals surface area (Å²) in [7, 11) is 1.90. The van der Waals surface area contributed by atoms with Crippen LogP contribution in [0.4, 0.5) is 8.78 Å². The lowest BCUT2D eigenvalue weighted by molar-refractivity contribution is 0.0118. The molecule has 1 fully saturated rings. The second kappa shape index (κ2) is 50.2. The molecule has 0 radical (unpaired) electrons. The highest BCUT2D eigenvalue weighted by Gasteiger charge is 2.28. The molecule has 16 heterocycles. The molecule has 132 heavy (non-hydrogen) atoms. The fraction of sp³-hybridized carbons (Fsp3) is 0.344. The summed E-state index contributed by atoms with van der Waals surface area (Å²) in [5, 5.41) is 22.8. The van der Waals surface area contributed by atoms with Crippen molar-refractivity contribution >= 4 is 152 Å². The van der Waals surface area contributed by atoms with E-state index >= 15 is 0 Å². The summed E-state index contributed by atoms with van der Waals surface area (Å²) >= 11 is 40.7. The first-order valence-electron chi connectivity index (χ1n) is 41.7. The molecule has 0 saturated heterocycles. The maximum atomic E-state index is 13.2. The molecule has 28 nitrogen and oxygen atoms in total. The summed E-state index contributed by atoms with van der Waals surface area (Å²) in [6, 6.07) is 29.3. The average Bonchev–Trinajstić information content (AvgIpc) is 1.66. The van der Waals surface area contributed by atoms with E-state index in [1.807, 2.05) is 214 Å². The summed E-state index contributed by atoms with van der Waals surface area (Å²) in [5.41, 5.74) is 20.9. The highest BCUT2D eigenvalue weighted by atomic mass is 35.5. The number of fused-ring (bicyclic) bond motifs is 2. The molecule has 692 valence electrons. The van der Waals surface area contributed by atoms with E-state index in [-0.39, 0.29) is 10.9 Å². The van der Waals surface area contributed by atoms with Crippen LogP contribution in [0, 0.1) is 90.0 Å².